The second kappa shape index (κ2) is 6.28. The van der Waals surface area contributed by atoms with Crippen molar-refractivity contribution in [1.82, 2.24) is 4.90 Å². The van der Waals surface area contributed by atoms with Crippen LogP contribution in [0.3, 0.4) is 0 Å². The van der Waals surface area contributed by atoms with Crippen LogP contribution in [0.25, 0.3) is 0 Å². The molecule has 0 aromatic heterocycles. The number of esters is 1. The first-order chi connectivity index (χ1) is 9.37. The number of rotatable bonds is 3. The molecule has 21 heavy (non-hydrogen) atoms. The maximum Gasteiger partial charge on any atom is 0.319 e. The van der Waals surface area contributed by atoms with Gasteiger partial charge in [-0.25, -0.2) is 8.78 Å². The highest BCUT2D eigenvalue weighted by Gasteiger charge is 2.62. The second-order valence-electron chi connectivity index (χ2n) is 5.24. The monoisotopic (exact) mass is 319 g/mol. The Labute approximate surface area is 129 Å². The third-order valence-electron chi connectivity index (χ3n) is 4.55. The van der Waals surface area contributed by atoms with E-state index in [0.29, 0.717) is 5.56 Å². The standard InChI is InChI=1S/C15H19F2NO2.ClH/c1-5-20-14(19)15(9(2)18(4)10(15)3)11-6-7-12(16)13(17)8-11;/h6-10H,5H2,1-4H3;1H. The van der Waals surface area contributed by atoms with Crippen molar-refractivity contribution in [2.45, 2.75) is 38.3 Å². The van der Waals surface area contributed by atoms with Gasteiger partial charge in [0.05, 0.1) is 6.61 Å². The van der Waals surface area contributed by atoms with E-state index in [0.717, 1.165) is 12.1 Å². The Balaban J connectivity index is 0.00000220. The minimum atomic E-state index is -0.945. The van der Waals surface area contributed by atoms with Crippen LogP contribution in [0.2, 0.25) is 0 Å². The van der Waals surface area contributed by atoms with Crippen LogP contribution in [0.4, 0.5) is 8.78 Å². The predicted octanol–water partition coefficient (Wildman–Crippen LogP) is 2.91. The predicted molar refractivity (Wildman–Crippen MR) is 78.6 cm³/mol. The van der Waals surface area contributed by atoms with Crippen LogP contribution in [0.15, 0.2) is 18.2 Å². The second-order valence-corrected chi connectivity index (χ2v) is 5.24. The molecule has 1 aliphatic heterocycles. The lowest BCUT2D eigenvalue weighted by atomic mass is 9.62. The van der Waals surface area contributed by atoms with Gasteiger partial charge >= 0.3 is 5.97 Å². The van der Waals surface area contributed by atoms with Crippen molar-refractivity contribution >= 4 is 18.4 Å². The number of carbonyl (C=O) groups is 1. The van der Waals surface area contributed by atoms with Gasteiger partial charge in [-0.1, -0.05) is 6.07 Å². The van der Waals surface area contributed by atoms with E-state index >= 15 is 0 Å². The summed E-state index contributed by atoms with van der Waals surface area (Å²) >= 11 is 0. The van der Waals surface area contributed by atoms with Gasteiger partial charge in [0.1, 0.15) is 5.41 Å². The smallest absolute Gasteiger partial charge is 0.319 e. The number of hydrogen-bond acceptors (Lipinski definition) is 3. The first-order valence-electron chi connectivity index (χ1n) is 6.72. The third-order valence-corrected chi connectivity index (χ3v) is 4.55. The maximum absolute atomic E-state index is 13.5. The van der Waals surface area contributed by atoms with E-state index < -0.39 is 17.0 Å². The van der Waals surface area contributed by atoms with Crippen molar-refractivity contribution in [3.8, 4) is 0 Å². The molecule has 1 aliphatic rings. The van der Waals surface area contributed by atoms with E-state index in [9.17, 15) is 13.6 Å². The molecule has 1 fully saturated rings. The van der Waals surface area contributed by atoms with Crippen LogP contribution in [0, 0.1) is 11.6 Å². The number of likely N-dealkylation sites (tertiary alicyclic amines) is 1. The molecule has 3 nitrogen and oxygen atoms in total. The van der Waals surface area contributed by atoms with Gasteiger partial charge in [-0.15, -0.1) is 12.4 Å². The first-order valence-corrected chi connectivity index (χ1v) is 6.72. The van der Waals surface area contributed by atoms with Crippen LogP contribution in [-0.2, 0) is 14.9 Å². The topological polar surface area (TPSA) is 29.5 Å². The molecule has 1 aromatic rings. The Kier molecular flexibility index (Phi) is 5.34. The molecule has 0 aliphatic carbocycles. The summed E-state index contributed by atoms with van der Waals surface area (Å²) in [5.41, 5.74) is -0.479. The fourth-order valence-electron chi connectivity index (χ4n) is 3.19. The normalized spacial score (nSPS) is 28.5. The lowest BCUT2D eigenvalue weighted by molar-refractivity contribution is -0.169. The highest BCUT2D eigenvalue weighted by molar-refractivity contribution is 5.87. The molecule has 0 radical (unpaired) electrons. The number of halogens is 3. The SMILES string of the molecule is CCOC(=O)C1(c2ccc(F)c(F)c2)C(C)N(C)C1C.Cl. The summed E-state index contributed by atoms with van der Waals surface area (Å²) in [6, 6.07) is 3.35. The molecular weight excluding hydrogens is 300 g/mol. The van der Waals surface area contributed by atoms with Gasteiger partial charge in [0.15, 0.2) is 11.6 Å². The minimum absolute atomic E-state index is 0. The van der Waals surface area contributed by atoms with Gasteiger partial charge in [0.2, 0.25) is 0 Å². The fourth-order valence-corrected chi connectivity index (χ4v) is 3.19. The van der Waals surface area contributed by atoms with Crippen molar-refractivity contribution in [2.75, 3.05) is 13.7 Å². The number of ether oxygens (including phenoxy) is 1. The van der Waals surface area contributed by atoms with Crippen LogP contribution < -0.4 is 0 Å². The number of hydrogen-bond donors (Lipinski definition) is 0. The summed E-state index contributed by atoms with van der Waals surface area (Å²) in [5.74, 6) is -2.25. The van der Waals surface area contributed by atoms with Crippen molar-refractivity contribution in [3.05, 3.63) is 35.4 Å². The van der Waals surface area contributed by atoms with Gasteiger partial charge in [-0.2, -0.15) is 0 Å². The van der Waals surface area contributed by atoms with Gasteiger partial charge in [0, 0.05) is 12.1 Å². The average molecular weight is 320 g/mol. The number of benzene rings is 1. The fraction of sp³-hybridized carbons (Fsp3) is 0.533. The molecule has 2 unspecified atom stereocenters. The van der Waals surface area contributed by atoms with Crippen molar-refractivity contribution in [2.24, 2.45) is 0 Å². The highest BCUT2D eigenvalue weighted by Crippen LogP contribution is 2.46. The maximum atomic E-state index is 13.5. The lowest BCUT2D eigenvalue weighted by Crippen LogP contribution is -2.74. The first kappa shape index (κ1) is 17.9. The van der Waals surface area contributed by atoms with E-state index in [1.54, 1.807) is 6.92 Å². The number of nitrogens with zero attached hydrogens (tertiary/aromatic N) is 1. The summed E-state index contributed by atoms with van der Waals surface area (Å²) in [5, 5.41) is 0. The molecule has 1 saturated heterocycles. The molecule has 2 rings (SSSR count). The Morgan fingerprint density at radius 3 is 2.33 bits per heavy atom. The molecule has 0 saturated carbocycles. The molecular formula is C15H20ClF2NO2. The van der Waals surface area contributed by atoms with Gasteiger partial charge < -0.3 is 4.74 Å². The zero-order valence-electron chi connectivity index (χ0n) is 12.5. The molecule has 0 amide bonds. The van der Waals surface area contributed by atoms with Crippen molar-refractivity contribution in [3.63, 3.8) is 0 Å². The molecule has 118 valence electrons. The lowest BCUT2D eigenvalue weighted by Gasteiger charge is -2.58. The Morgan fingerprint density at radius 2 is 1.86 bits per heavy atom. The van der Waals surface area contributed by atoms with Crippen molar-refractivity contribution < 1.29 is 18.3 Å². The third kappa shape index (κ3) is 2.42. The quantitative estimate of drug-likeness (QED) is 0.802. The van der Waals surface area contributed by atoms with Crippen LogP contribution in [-0.4, -0.2) is 36.6 Å². The van der Waals surface area contributed by atoms with Crippen LogP contribution >= 0.6 is 12.4 Å². The van der Waals surface area contributed by atoms with Crippen LogP contribution in [0.1, 0.15) is 26.3 Å². The van der Waals surface area contributed by atoms with Gasteiger partial charge in [-0.3, -0.25) is 9.69 Å². The van der Waals surface area contributed by atoms with E-state index in [4.69, 9.17) is 4.74 Å². The summed E-state index contributed by atoms with van der Waals surface area (Å²) in [6.45, 7) is 5.76. The molecule has 0 bridgehead atoms. The summed E-state index contributed by atoms with van der Waals surface area (Å²) in [7, 11) is 1.90. The number of carbonyl (C=O) groups excluding carboxylic acids is 1. The Bertz CT molecular complexity index is 528. The molecule has 2 atom stereocenters. The molecule has 0 N–H and O–H groups in total. The molecule has 6 heteroatoms. The summed E-state index contributed by atoms with van der Waals surface area (Å²) in [4.78, 5) is 14.5. The van der Waals surface area contributed by atoms with Crippen molar-refractivity contribution in [1.29, 1.82) is 0 Å². The van der Waals surface area contributed by atoms with Gasteiger partial charge in [0.25, 0.3) is 0 Å². The van der Waals surface area contributed by atoms with E-state index in [2.05, 4.69) is 0 Å². The van der Waals surface area contributed by atoms with E-state index in [1.807, 2.05) is 25.8 Å². The zero-order chi connectivity index (χ0) is 15.1. The van der Waals surface area contributed by atoms with Gasteiger partial charge in [-0.05, 0) is 45.5 Å². The minimum Gasteiger partial charge on any atom is -0.465 e. The van der Waals surface area contributed by atoms with Crippen LogP contribution in [0.5, 0.6) is 0 Å². The largest absolute Gasteiger partial charge is 0.465 e. The summed E-state index contributed by atoms with van der Waals surface area (Å²) in [6.07, 6.45) is 0. The number of likely N-dealkylation sites (N-methyl/N-ethyl adjacent to an activating group) is 1. The summed E-state index contributed by atoms with van der Waals surface area (Å²) < 4.78 is 31.8. The van der Waals surface area contributed by atoms with E-state index in [-0.39, 0.29) is 37.1 Å². The molecule has 0 spiro atoms. The Hall–Kier alpha value is -1.20. The Morgan fingerprint density at radius 1 is 1.29 bits per heavy atom. The molecule has 1 aromatic carbocycles. The highest BCUT2D eigenvalue weighted by atomic mass is 35.5. The molecule has 1 heterocycles. The van der Waals surface area contributed by atoms with E-state index in [1.165, 1.54) is 6.07 Å². The average Bonchev–Trinajstić information content (AvgIpc) is 2.43. The zero-order valence-corrected chi connectivity index (χ0v) is 13.3.